The monoisotopic (exact) mass is 571 g/mol. The molecule has 1 saturated heterocycles. The molecule has 0 bridgehead atoms. The summed E-state index contributed by atoms with van der Waals surface area (Å²) >= 11 is 0. The highest BCUT2D eigenvalue weighted by molar-refractivity contribution is 5.80. The molecule has 1 aliphatic rings. The Kier molecular flexibility index (Phi) is 7.91. The van der Waals surface area contributed by atoms with Crippen molar-refractivity contribution in [3.63, 3.8) is 0 Å². The zero-order valence-electron chi connectivity index (χ0n) is 25.1. The van der Waals surface area contributed by atoms with Crippen LogP contribution in [0.2, 0.25) is 0 Å². The predicted molar refractivity (Wildman–Crippen MR) is 161 cm³/mol. The number of piperidine rings is 1. The lowest BCUT2D eigenvalue weighted by molar-refractivity contribution is -0.156. The van der Waals surface area contributed by atoms with Gasteiger partial charge in [-0.05, 0) is 59.4 Å². The van der Waals surface area contributed by atoms with Gasteiger partial charge in [0.05, 0.1) is 25.0 Å². The second kappa shape index (κ2) is 11.4. The third-order valence-corrected chi connectivity index (χ3v) is 7.44. The summed E-state index contributed by atoms with van der Waals surface area (Å²) in [4.78, 5) is 56.1. The number of nitrogens with zero attached hydrogens (tertiary/aromatic N) is 7. The van der Waals surface area contributed by atoms with Gasteiger partial charge in [0.1, 0.15) is 11.4 Å². The molecule has 0 spiro atoms. The average Bonchev–Trinajstić information content (AvgIpc) is 3.32. The van der Waals surface area contributed by atoms with Crippen molar-refractivity contribution in [2.75, 3.05) is 18.0 Å². The Bertz CT molecular complexity index is 1850. The maximum absolute atomic E-state index is 14.0. The number of rotatable bonds is 6. The van der Waals surface area contributed by atoms with Crippen molar-refractivity contribution in [2.24, 2.45) is 13.0 Å². The summed E-state index contributed by atoms with van der Waals surface area (Å²) in [5.74, 6) is 6.76. The number of ether oxygens (including phenoxy) is 1. The highest BCUT2D eigenvalue weighted by atomic mass is 16.6. The Morgan fingerprint density at radius 1 is 1.12 bits per heavy atom. The molecule has 1 aliphatic heterocycles. The molecule has 1 aromatic carbocycles. The first-order valence-corrected chi connectivity index (χ1v) is 14.3. The van der Waals surface area contributed by atoms with E-state index in [4.69, 9.17) is 9.72 Å². The molecular weight excluding hydrogens is 534 g/mol. The van der Waals surface area contributed by atoms with Gasteiger partial charge in [0.2, 0.25) is 5.95 Å². The SMILES string of the molecule is CC#CCn1c(N2CCC[C@@H](CC(=O)OC(C)(C)C)C2)nc2c1c(=O)n(Cc1nc(C)c3ccccc3n1)c(=O)n2C. The Morgan fingerprint density at radius 3 is 2.62 bits per heavy atom. The minimum atomic E-state index is -0.542. The van der Waals surface area contributed by atoms with E-state index in [0.29, 0.717) is 42.4 Å². The van der Waals surface area contributed by atoms with Gasteiger partial charge in [-0.1, -0.05) is 24.1 Å². The van der Waals surface area contributed by atoms with E-state index in [-0.39, 0.29) is 25.0 Å². The Balaban J connectivity index is 1.55. The van der Waals surface area contributed by atoms with E-state index >= 15 is 0 Å². The largest absolute Gasteiger partial charge is 0.460 e. The van der Waals surface area contributed by atoms with E-state index in [2.05, 4.69) is 26.7 Å². The Morgan fingerprint density at radius 2 is 1.88 bits per heavy atom. The van der Waals surface area contributed by atoms with Crippen molar-refractivity contribution in [3.8, 4) is 11.8 Å². The number of benzene rings is 1. The highest BCUT2D eigenvalue weighted by Gasteiger charge is 2.29. The van der Waals surface area contributed by atoms with Crippen LogP contribution in [0, 0.1) is 24.7 Å². The average molecular weight is 572 g/mol. The number of aryl methyl sites for hydroxylation is 2. The lowest BCUT2D eigenvalue weighted by atomic mass is 9.95. The van der Waals surface area contributed by atoms with Gasteiger partial charge in [0.15, 0.2) is 11.2 Å². The molecule has 0 radical (unpaired) electrons. The van der Waals surface area contributed by atoms with Crippen LogP contribution in [-0.2, 0) is 29.7 Å². The van der Waals surface area contributed by atoms with Crippen LogP contribution < -0.4 is 16.1 Å². The van der Waals surface area contributed by atoms with Crippen molar-refractivity contribution in [2.45, 2.75) is 72.6 Å². The van der Waals surface area contributed by atoms with E-state index in [9.17, 15) is 14.4 Å². The number of carbonyl (C=O) groups excluding carboxylic acids is 1. The maximum Gasteiger partial charge on any atom is 0.332 e. The zero-order chi connectivity index (χ0) is 30.2. The standard InChI is InChI=1S/C31H37N7O4/c1-7-8-16-37-26-27(34-29(37)36-15-11-12-21(18-36)17-25(39)42-31(3,4)5)35(6)30(41)38(28(26)40)19-24-32-20(2)22-13-9-10-14-23(22)33-24/h9-10,13-14,21H,11-12,15-19H2,1-6H3/t21-/m0/s1. The van der Waals surface area contributed by atoms with E-state index in [0.717, 1.165) is 34.0 Å². The van der Waals surface area contributed by atoms with Crippen LogP contribution in [0.1, 0.15) is 58.5 Å². The van der Waals surface area contributed by atoms with Gasteiger partial charge in [-0.3, -0.25) is 23.3 Å². The number of hydrogen-bond acceptors (Lipinski definition) is 8. The lowest BCUT2D eigenvalue weighted by Crippen LogP contribution is -2.40. The summed E-state index contributed by atoms with van der Waals surface area (Å²) in [5.41, 5.74) is 0.600. The number of carbonyl (C=O) groups is 1. The molecule has 42 heavy (non-hydrogen) atoms. The fourth-order valence-electron chi connectivity index (χ4n) is 5.59. The predicted octanol–water partition coefficient (Wildman–Crippen LogP) is 3.17. The number of hydrogen-bond donors (Lipinski definition) is 0. The third-order valence-electron chi connectivity index (χ3n) is 7.44. The fourth-order valence-corrected chi connectivity index (χ4v) is 5.59. The Labute approximate surface area is 244 Å². The quantitative estimate of drug-likeness (QED) is 0.256. The number of fused-ring (bicyclic) bond motifs is 2. The van der Waals surface area contributed by atoms with Crippen LogP contribution in [0.4, 0.5) is 5.95 Å². The van der Waals surface area contributed by atoms with E-state index in [1.807, 2.05) is 52.0 Å². The topological polar surface area (TPSA) is 117 Å². The first kappa shape index (κ1) is 29.0. The maximum atomic E-state index is 14.0. The summed E-state index contributed by atoms with van der Waals surface area (Å²) in [7, 11) is 1.61. The molecule has 0 unspecified atom stereocenters. The molecule has 11 nitrogen and oxygen atoms in total. The number of aromatic nitrogens is 6. The first-order valence-electron chi connectivity index (χ1n) is 14.3. The second-order valence-electron chi connectivity index (χ2n) is 11.8. The molecule has 1 fully saturated rings. The van der Waals surface area contributed by atoms with Gasteiger partial charge < -0.3 is 9.64 Å². The molecule has 4 aromatic rings. The summed E-state index contributed by atoms with van der Waals surface area (Å²) in [6.45, 7) is 10.7. The van der Waals surface area contributed by atoms with Crippen LogP contribution in [-0.4, -0.2) is 53.3 Å². The van der Waals surface area contributed by atoms with Gasteiger partial charge in [-0.2, -0.15) is 4.98 Å². The van der Waals surface area contributed by atoms with Crippen molar-refractivity contribution in [3.05, 3.63) is 56.6 Å². The van der Waals surface area contributed by atoms with Crippen molar-refractivity contribution in [1.82, 2.24) is 28.7 Å². The van der Waals surface area contributed by atoms with Crippen LogP contribution in [0.5, 0.6) is 0 Å². The second-order valence-corrected chi connectivity index (χ2v) is 11.8. The van der Waals surface area contributed by atoms with Crippen LogP contribution in [0.25, 0.3) is 22.1 Å². The van der Waals surface area contributed by atoms with Crippen LogP contribution >= 0.6 is 0 Å². The van der Waals surface area contributed by atoms with E-state index in [1.54, 1.807) is 18.5 Å². The molecular formula is C31H37N7O4. The molecule has 0 aliphatic carbocycles. The van der Waals surface area contributed by atoms with Crippen molar-refractivity contribution in [1.29, 1.82) is 0 Å². The van der Waals surface area contributed by atoms with Gasteiger partial charge in [0, 0.05) is 31.2 Å². The molecule has 0 amide bonds. The molecule has 3 aromatic heterocycles. The Hall–Kier alpha value is -4.46. The lowest BCUT2D eigenvalue weighted by Gasteiger charge is -2.33. The molecule has 0 saturated carbocycles. The summed E-state index contributed by atoms with van der Waals surface area (Å²) < 4.78 is 9.90. The molecule has 220 valence electrons. The first-order chi connectivity index (χ1) is 20.0. The van der Waals surface area contributed by atoms with E-state index in [1.165, 1.54) is 4.57 Å². The molecule has 11 heteroatoms. The number of anilines is 1. The van der Waals surface area contributed by atoms with Crippen molar-refractivity contribution >= 4 is 34.0 Å². The van der Waals surface area contributed by atoms with Crippen LogP contribution in [0.3, 0.4) is 0 Å². The normalized spacial score (nSPS) is 15.6. The zero-order valence-corrected chi connectivity index (χ0v) is 25.1. The fraction of sp³-hybridized carbons (Fsp3) is 0.484. The molecule has 5 rings (SSSR count). The number of imidazole rings is 1. The number of para-hydroxylation sites is 1. The summed E-state index contributed by atoms with van der Waals surface area (Å²) in [6, 6.07) is 7.65. The summed E-state index contributed by atoms with van der Waals surface area (Å²) in [5, 5.41) is 0.921. The van der Waals surface area contributed by atoms with E-state index < -0.39 is 16.9 Å². The minimum Gasteiger partial charge on any atom is -0.460 e. The van der Waals surface area contributed by atoms with Gasteiger partial charge in [0.25, 0.3) is 5.56 Å². The van der Waals surface area contributed by atoms with Crippen molar-refractivity contribution < 1.29 is 9.53 Å². The molecule has 1 atom stereocenters. The molecule has 4 heterocycles. The number of esters is 1. The third kappa shape index (κ3) is 5.79. The summed E-state index contributed by atoms with van der Waals surface area (Å²) in [6.07, 6.45) is 2.05. The van der Waals surface area contributed by atoms with Gasteiger partial charge in [-0.15, -0.1) is 5.92 Å². The van der Waals surface area contributed by atoms with Crippen LogP contribution in [0.15, 0.2) is 33.9 Å². The molecule has 0 N–H and O–H groups in total. The highest BCUT2D eigenvalue weighted by Crippen LogP contribution is 2.27. The van der Waals surface area contributed by atoms with Gasteiger partial charge in [-0.25, -0.2) is 14.8 Å². The van der Waals surface area contributed by atoms with Gasteiger partial charge >= 0.3 is 11.7 Å². The minimum absolute atomic E-state index is 0.0746. The smallest absolute Gasteiger partial charge is 0.332 e.